The van der Waals surface area contributed by atoms with Crippen molar-refractivity contribution in [1.82, 2.24) is 10.3 Å². The van der Waals surface area contributed by atoms with Crippen molar-refractivity contribution in [3.8, 4) is 0 Å². The topological polar surface area (TPSA) is 68.0 Å². The number of rotatable bonds is 6. The minimum absolute atomic E-state index is 0.0337. The van der Waals surface area contributed by atoms with Crippen molar-refractivity contribution < 1.29 is 4.79 Å². The van der Waals surface area contributed by atoms with Gasteiger partial charge in [0.2, 0.25) is 5.91 Å². The third-order valence-corrected chi connectivity index (χ3v) is 3.09. The van der Waals surface area contributed by atoms with Crippen LogP contribution in [0.25, 0.3) is 0 Å². The lowest BCUT2D eigenvalue weighted by Gasteiger charge is -2.16. The van der Waals surface area contributed by atoms with Crippen molar-refractivity contribution in [2.75, 3.05) is 6.54 Å². The molecule has 0 aliphatic heterocycles. The highest BCUT2D eigenvalue weighted by Gasteiger charge is 2.17. The molecule has 0 aliphatic rings. The molecule has 1 aromatic rings. The highest BCUT2D eigenvalue weighted by atomic mass is 32.1. The molecule has 1 heterocycles. The molecular formula is C11H19N3OS. The maximum absolute atomic E-state index is 11.8. The van der Waals surface area contributed by atoms with Gasteiger partial charge in [-0.2, -0.15) is 0 Å². The second-order valence-electron chi connectivity index (χ2n) is 4.21. The first kappa shape index (κ1) is 13.1. The van der Waals surface area contributed by atoms with E-state index in [1.807, 2.05) is 5.38 Å². The Morgan fingerprint density at radius 2 is 2.38 bits per heavy atom. The molecular weight excluding hydrogens is 222 g/mol. The van der Waals surface area contributed by atoms with Crippen LogP contribution in [-0.2, 0) is 11.3 Å². The number of amides is 1. The summed E-state index contributed by atoms with van der Waals surface area (Å²) in [6.07, 6.45) is 2.57. The van der Waals surface area contributed by atoms with Gasteiger partial charge < -0.3 is 11.1 Å². The van der Waals surface area contributed by atoms with E-state index in [0.29, 0.717) is 19.0 Å². The molecule has 0 radical (unpaired) electrons. The van der Waals surface area contributed by atoms with Gasteiger partial charge in [-0.1, -0.05) is 13.8 Å². The molecule has 4 nitrogen and oxygen atoms in total. The summed E-state index contributed by atoms with van der Waals surface area (Å²) in [5.41, 5.74) is 5.60. The van der Waals surface area contributed by atoms with Gasteiger partial charge in [-0.15, -0.1) is 11.3 Å². The SMILES string of the molecule is CC(C)CC(CN)C(=O)NCc1nccs1. The molecule has 0 aromatic carbocycles. The average molecular weight is 241 g/mol. The minimum Gasteiger partial charge on any atom is -0.349 e. The molecule has 1 aromatic heterocycles. The van der Waals surface area contributed by atoms with E-state index in [4.69, 9.17) is 5.73 Å². The highest BCUT2D eigenvalue weighted by Crippen LogP contribution is 2.11. The molecule has 0 bridgehead atoms. The van der Waals surface area contributed by atoms with E-state index in [-0.39, 0.29) is 11.8 Å². The van der Waals surface area contributed by atoms with Crippen LogP contribution in [0.15, 0.2) is 11.6 Å². The van der Waals surface area contributed by atoms with Crippen LogP contribution in [0.5, 0.6) is 0 Å². The van der Waals surface area contributed by atoms with Crippen LogP contribution < -0.4 is 11.1 Å². The summed E-state index contributed by atoms with van der Waals surface area (Å²) in [7, 11) is 0. The van der Waals surface area contributed by atoms with Gasteiger partial charge in [-0.05, 0) is 12.3 Å². The minimum atomic E-state index is -0.0834. The van der Waals surface area contributed by atoms with Gasteiger partial charge in [0, 0.05) is 18.1 Å². The third-order valence-electron chi connectivity index (χ3n) is 2.31. The predicted molar refractivity (Wildman–Crippen MR) is 66.0 cm³/mol. The number of thiazole rings is 1. The zero-order valence-electron chi connectivity index (χ0n) is 9.77. The molecule has 0 saturated carbocycles. The summed E-state index contributed by atoms with van der Waals surface area (Å²) in [5, 5.41) is 5.69. The van der Waals surface area contributed by atoms with Crippen molar-refractivity contribution in [2.45, 2.75) is 26.8 Å². The average Bonchev–Trinajstić information content (AvgIpc) is 2.75. The second kappa shape index (κ2) is 6.60. The van der Waals surface area contributed by atoms with Crippen LogP contribution >= 0.6 is 11.3 Å². The molecule has 1 atom stereocenters. The zero-order valence-corrected chi connectivity index (χ0v) is 10.6. The normalized spacial score (nSPS) is 12.8. The molecule has 90 valence electrons. The lowest BCUT2D eigenvalue weighted by molar-refractivity contribution is -0.125. The molecule has 5 heteroatoms. The Morgan fingerprint density at radius 1 is 1.62 bits per heavy atom. The number of carbonyl (C=O) groups is 1. The fourth-order valence-corrected chi connectivity index (χ4v) is 2.08. The molecule has 0 saturated heterocycles. The van der Waals surface area contributed by atoms with Crippen molar-refractivity contribution in [1.29, 1.82) is 0 Å². The molecule has 0 spiro atoms. The first-order chi connectivity index (χ1) is 7.63. The number of hydrogen-bond acceptors (Lipinski definition) is 4. The van der Waals surface area contributed by atoms with Crippen LogP contribution in [-0.4, -0.2) is 17.4 Å². The first-order valence-electron chi connectivity index (χ1n) is 5.49. The lowest BCUT2D eigenvalue weighted by Crippen LogP contribution is -2.35. The lowest BCUT2D eigenvalue weighted by atomic mass is 9.96. The Labute approximate surface area is 100 Å². The number of carbonyl (C=O) groups excluding carboxylic acids is 1. The Bertz CT molecular complexity index is 311. The standard InChI is InChI=1S/C11H19N3OS/c1-8(2)5-9(6-12)11(15)14-7-10-13-3-4-16-10/h3-4,8-9H,5-7,12H2,1-2H3,(H,14,15). The quantitative estimate of drug-likeness (QED) is 0.790. The van der Waals surface area contributed by atoms with Crippen LogP contribution in [0.1, 0.15) is 25.3 Å². The van der Waals surface area contributed by atoms with Crippen LogP contribution in [0.3, 0.4) is 0 Å². The Kier molecular flexibility index (Phi) is 5.42. The van der Waals surface area contributed by atoms with Crippen LogP contribution in [0.2, 0.25) is 0 Å². The number of nitrogens with two attached hydrogens (primary N) is 1. The molecule has 1 rings (SSSR count). The predicted octanol–water partition coefficient (Wildman–Crippen LogP) is 1.38. The van der Waals surface area contributed by atoms with Gasteiger partial charge in [0.25, 0.3) is 0 Å². The second-order valence-corrected chi connectivity index (χ2v) is 5.18. The van der Waals surface area contributed by atoms with Crippen molar-refractivity contribution in [3.63, 3.8) is 0 Å². The van der Waals surface area contributed by atoms with Gasteiger partial charge in [-0.25, -0.2) is 4.98 Å². The highest BCUT2D eigenvalue weighted by molar-refractivity contribution is 7.09. The van der Waals surface area contributed by atoms with E-state index in [2.05, 4.69) is 24.1 Å². The zero-order chi connectivity index (χ0) is 12.0. The summed E-state index contributed by atoms with van der Waals surface area (Å²) in [6.45, 7) is 5.10. The molecule has 3 N–H and O–H groups in total. The van der Waals surface area contributed by atoms with Crippen molar-refractivity contribution in [2.24, 2.45) is 17.6 Å². The van der Waals surface area contributed by atoms with Gasteiger partial charge in [-0.3, -0.25) is 4.79 Å². The monoisotopic (exact) mass is 241 g/mol. The van der Waals surface area contributed by atoms with Crippen LogP contribution in [0, 0.1) is 11.8 Å². The summed E-state index contributed by atoms with van der Waals surface area (Å²) >= 11 is 1.54. The Hall–Kier alpha value is -0.940. The van der Waals surface area contributed by atoms with E-state index < -0.39 is 0 Å². The van der Waals surface area contributed by atoms with E-state index in [9.17, 15) is 4.79 Å². The summed E-state index contributed by atoms with van der Waals surface area (Å²) in [4.78, 5) is 15.9. The van der Waals surface area contributed by atoms with Crippen molar-refractivity contribution in [3.05, 3.63) is 16.6 Å². The Balaban J connectivity index is 2.37. The number of nitrogens with zero attached hydrogens (tertiary/aromatic N) is 1. The van der Waals surface area contributed by atoms with Gasteiger partial charge in [0.15, 0.2) is 0 Å². The summed E-state index contributed by atoms with van der Waals surface area (Å²) in [5.74, 6) is 0.436. The van der Waals surface area contributed by atoms with E-state index in [1.54, 1.807) is 17.5 Å². The fourth-order valence-electron chi connectivity index (χ4n) is 1.53. The van der Waals surface area contributed by atoms with Gasteiger partial charge in [0.1, 0.15) is 5.01 Å². The third kappa shape index (κ3) is 4.28. The largest absolute Gasteiger partial charge is 0.349 e. The smallest absolute Gasteiger partial charge is 0.224 e. The van der Waals surface area contributed by atoms with Gasteiger partial charge in [0.05, 0.1) is 12.5 Å². The van der Waals surface area contributed by atoms with E-state index in [1.165, 1.54) is 0 Å². The maximum Gasteiger partial charge on any atom is 0.224 e. The summed E-state index contributed by atoms with van der Waals surface area (Å²) < 4.78 is 0. The van der Waals surface area contributed by atoms with Crippen molar-refractivity contribution >= 4 is 17.2 Å². The maximum atomic E-state index is 11.8. The molecule has 16 heavy (non-hydrogen) atoms. The molecule has 0 fully saturated rings. The first-order valence-corrected chi connectivity index (χ1v) is 6.37. The molecule has 0 aliphatic carbocycles. The van der Waals surface area contributed by atoms with E-state index in [0.717, 1.165) is 11.4 Å². The molecule has 1 amide bonds. The fraction of sp³-hybridized carbons (Fsp3) is 0.636. The van der Waals surface area contributed by atoms with E-state index >= 15 is 0 Å². The number of aromatic nitrogens is 1. The Morgan fingerprint density at radius 3 is 2.88 bits per heavy atom. The molecule has 1 unspecified atom stereocenters. The van der Waals surface area contributed by atoms with Crippen LogP contribution in [0.4, 0.5) is 0 Å². The number of nitrogens with one attached hydrogen (secondary N) is 1. The number of hydrogen-bond donors (Lipinski definition) is 2. The van der Waals surface area contributed by atoms with Gasteiger partial charge >= 0.3 is 0 Å². The summed E-state index contributed by atoms with van der Waals surface area (Å²) in [6, 6.07) is 0.